The number of nitrogens with one attached hydrogen (secondary N) is 1. The number of fused-ring (bicyclic) bond motifs is 3. The van der Waals surface area contributed by atoms with Gasteiger partial charge in [0.2, 0.25) is 0 Å². The number of halogens is 1. The number of aldehydes is 1. The van der Waals surface area contributed by atoms with E-state index in [4.69, 9.17) is 14.0 Å². The molecule has 1 N–H and O–H groups in total. The average molecular weight is 527 g/mol. The fraction of sp³-hybridized carbons (Fsp3) is 0.290. The summed E-state index contributed by atoms with van der Waals surface area (Å²) in [4.78, 5) is 24.5. The molecule has 0 radical (unpaired) electrons. The van der Waals surface area contributed by atoms with Gasteiger partial charge in [0.25, 0.3) is 0 Å². The van der Waals surface area contributed by atoms with E-state index in [0.717, 1.165) is 22.3 Å². The Kier molecular flexibility index (Phi) is 7.18. The lowest BCUT2D eigenvalue weighted by Gasteiger charge is -2.32. The third-order valence-corrected chi connectivity index (χ3v) is 7.85. The zero-order valence-electron chi connectivity index (χ0n) is 22.5. The van der Waals surface area contributed by atoms with Crippen LogP contribution >= 0.6 is 0 Å². The van der Waals surface area contributed by atoms with E-state index in [1.54, 1.807) is 6.08 Å². The van der Waals surface area contributed by atoms with Crippen molar-refractivity contribution >= 4 is 25.6 Å². The normalized spacial score (nSPS) is 17.5. The van der Waals surface area contributed by atoms with Gasteiger partial charge in [-0.2, -0.15) is 0 Å². The van der Waals surface area contributed by atoms with Gasteiger partial charge in [0.05, 0.1) is 11.2 Å². The van der Waals surface area contributed by atoms with Gasteiger partial charge in [0.15, 0.2) is 6.29 Å². The molecule has 1 amide bonds. The van der Waals surface area contributed by atoms with Crippen LogP contribution in [0.2, 0.25) is 0 Å². The fourth-order valence-corrected chi connectivity index (χ4v) is 5.00. The number of ether oxygens (including phenoxy) is 1. The van der Waals surface area contributed by atoms with Crippen molar-refractivity contribution in [2.24, 2.45) is 0 Å². The van der Waals surface area contributed by atoms with Crippen LogP contribution in [0.25, 0.3) is 17.2 Å². The number of alkyl carbamates (subject to hydrolysis) is 1. The number of hydrogen-bond acceptors (Lipinski definition) is 5. The quantitative estimate of drug-likeness (QED) is 0.293. The van der Waals surface area contributed by atoms with Crippen molar-refractivity contribution in [1.29, 1.82) is 0 Å². The SMILES string of the molecule is CC1(C)OB(C(=Cc2cc(F)ccc2C=O)CNC(=O)OCC2c3ccccc3-c3ccccc32)OC1(C)C. The molecule has 1 heterocycles. The van der Waals surface area contributed by atoms with Crippen LogP contribution in [0, 0.1) is 5.82 Å². The summed E-state index contributed by atoms with van der Waals surface area (Å²) in [6.07, 6.45) is 1.68. The molecule has 200 valence electrons. The molecule has 6 nitrogen and oxygen atoms in total. The van der Waals surface area contributed by atoms with Crippen molar-refractivity contribution in [2.45, 2.75) is 44.8 Å². The molecular formula is C31H31BFNO5. The molecule has 39 heavy (non-hydrogen) atoms. The second kappa shape index (κ2) is 10.4. The number of carbonyl (C=O) groups is 2. The summed E-state index contributed by atoms with van der Waals surface area (Å²) < 4.78 is 32.1. The standard InChI is InChI=1S/C31H31BFNO5/c1-30(2)31(3,4)39-32(38-30)22(15-21-16-23(33)14-13-20(21)18-35)17-34-29(36)37-19-28-26-11-7-5-9-24(26)25-10-6-8-12-27(25)28/h5-16,18,28H,17,19H2,1-4H3,(H,34,36). The zero-order valence-corrected chi connectivity index (χ0v) is 22.5. The first-order valence-electron chi connectivity index (χ1n) is 13.0. The van der Waals surface area contributed by atoms with Gasteiger partial charge in [-0.1, -0.05) is 54.6 Å². The summed E-state index contributed by atoms with van der Waals surface area (Å²) >= 11 is 0. The van der Waals surface area contributed by atoms with E-state index in [1.807, 2.05) is 52.0 Å². The number of carbonyl (C=O) groups excluding carboxylic acids is 2. The van der Waals surface area contributed by atoms with Crippen molar-refractivity contribution in [3.8, 4) is 11.1 Å². The average Bonchev–Trinajstić information content (AvgIpc) is 3.34. The van der Waals surface area contributed by atoms with Crippen molar-refractivity contribution in [3.05, 3.63) is 100 Å². The van der Waals surface area contributed by atoms with E-state index in [2.05, 4.69) is 29.6 Å². The first kappa shape index (κ1) is 26.8. The summed E-state index contributed by atoms with van der Waals surface area (Å²) in [7, 11) is -0.813. The Morgan fingerprint density at radius 1 is 0.949 bits per heavy atom. The highest BCUT2D eigenvalue weighted by molar-refractivity contribution is 6.56. The number of rotatable bonds is 7. The smallest absolute Gasteiger partial charge is 0.449 e. The summed E-state index contributed by atoms with van der Waals surface area (Å²) in [5.41, 5.74) is 4.48. The van der Waals surface area contributed by atoms with Gasteiger partial charge < -0.3 is 19.4 Å². The molecule has 3 aromatic carbocycles. The van der Waals surface area contributed by atoms with Crippen LogP contribution in [0.15, 0.2) is 72.2 Å². The summed E-state index contributed by atoms with van der Waals surface area (Å²) in [6.45, 7) is 7.87. The molecule has 1 aliphatic heterocycles. The van der Waals surface area contributed by atoms with Gasteiger partial charge in [-0.05, 0) is 79.2 Å². The van der Waals surface area contributed by atoms with E-state index < -0.39 is 30.2 Å². The van der Waals surface area contributed by atoms with Crippen molar-refractivity contribution < 1.29 is 28.0 Å². The van der Waals surface area contributed by atoms with Crippen LogP contribution in [0.3, 0.4) is 0 Å². The first-order chi connectivity index (χ1) is 18.6. The highest BCUT2D eigenvalue weighted by Gasteiger charge is 2.52. The molecule has 8 heteroatoms. The molecule has 2 aliphatic rings. The second-order valence-electron chi connectivity index (χ2n) is 10.9. The van der Waals surface area contributed by atoms with Gasteiger partial charge in [-0.25, -0.2) is 9.18 Å². The lowest BCUT2D eigenvalue weighted by molar-refractivity contribution is 0.00578. The molecule has 1 saturated heterocycles. The van der Waals surface area contributed by atoms with Crippen LogP contribution in [0.4, 0.5) is 9.18 Å². The Hall–Kier alpha value is -3.75. The third kappa shape index (κ3) is 5.27. The summed E-state index contributed by atoms with van der Waals surface area (Å²) in [5, 5.41) is 2.79. The predicted octanol–water partition coefficient (Wildman–Crippen LogP) is 6.19. The Bertz CT molecular complexity index is 1390. The van der Waals surface area contributed by atoms with Crippen LogP contribution in [-0.4, -0.2) is 43.9 Å². The van der Waals surface area contributed by atoms with Crippen LogP contribution < -0.4 is 5.32 Å². The van der Waals surface area contributed by atoms with E-state index >= 15 is 0 Å². The molecule has 0 aromatic heterocycles. The van der Waals surface area contributed by atoms with Crippen molar-refractivity contribution in [1.82, 2.24) is 5.32 Å². The molecule has 3 aromatic rings. The van der Waals surface area contributed by atoms with E-state index in [9.17, 15) is 14.0 Å². The number of hydrogen-bond donors (Lipinski definition) is 1. The summed E-state index contributed by atoms with van der Waals surface area (Å²) in [5.74, 6) is -0.548. The monoisotopic (exact) mass is 527 g/mol. The molecule has 0 bridgehead atoms. The highest BCUT2D eigenvalue weighted by atomic mass is 19.1. The Morgan fingerprint density at radius 3 is 2.13 bits per heavy atom. The fourth-order valence-electron chi connectivity index (χ4n) is 5.00. The van der Waals surface area contributed by atoms with Crippen LogP contribution in [0.5, 0.6) is 0 Å². The molecule has 5 rings (SSSR count). The Morgan fingerprint density at radius 2 is 1.54 bits per heavy atom. The minimum absolute atomic E-state index is 0.0162. The van der Waals surface area contributed by atoms with Crippen molar-refractivity contribution in [3.63, 3.8) is 0 Å². The first-order valence-corrected chi connectivity index (χ1v) is 13.0. The summed E-state index contributed by atoms with van der Waals surface area (Å²) in [6, 6.07) is 20.2. The molecule has 0 unspecified atom stereocenters. The molecule has 0 atom stereocenters. The Labute approximate surface area is 228 Å². The van der Waals surface area contributed by atoms with Crippen LogP contribution in [0.1, 0.15) is 60.7 Å². The molecular weight excluding hydrogens is 496 g/mol. The highest BCUT2D eigenvalue weighted by Crippen LogP contribution is 2.44. The maximum absolute atomic E-state index is 14.0. The number of amides is 1. The van der Waals surface area contributed by atoms with Gasteiger partial charge in [-0.15, -0.1) is 0 Å². The second-order valence-corrected chi connectivity index (χ2v) is 10.9. The predicted molar refractivity (Wildman–Crippen MR) is 149 cm³/mol. The largest absolute Gasteiger partial charge is 0.492 e. The zero-order chi connectivity index (χ0) is 27.8. The molecule has 0 spiro atoms. The van der Waals surface area contributed by atoms with Gasteiger partial charge in [0, 0.05) is 18.0 Å². The van der Waals surface area contributed by atoms with E-state index in [-0.39, 0.29) is 19.1 Å². The van der Waals surface area contributed by atoms with E-state index in [1.165, 1.54) is 18.2 Å². The molecule has 1 aliphatic carbocycles. The maximum Gasteiger partial charge on any atom is 0.492 e. The maximum atomic E-state index is 14.0. The van der Waals surface area contributed by atoms with Gasteiger partial charge >= 0.3 is 13.2 Å². The minimum Gasteiger partial charge on any atom is -0.449 e. The minimum atomic E-state index is -0.813. The van der Waals surface area contributed by atoms with Crippen LogP contribution in [-0.2, 0) is 14.0 Å². The molecule has 1 fully saturated rings. The lowest BCUT2D eigenvalue weighted by Crippen LogP contribution is -2.41. The molecule has 0 saturated carbocycles. The number of benzene rings is 3. The third-order valence-electron chi connectivity index (χ3n) is 7.85. The van der Waals surface area contributed by atoms with Gasteiger partial charge in [-0.3, -0.25) is 4.79 Å². The van der Waals surface area contributed by atoms with E-state index in [0.29, 0.717) is 22.9 Å². The van der Waals surface area contributed by atoms with Gasteiger partial charge in [0.1, 0.15) is 12.4 Å². The van der Waals surface area contributed by atoms with Crippen molar-refractivity contribution in [2.75, 3.05) is 13.2 Å². The Balaban J connectivity index is 1.33. The lowest BCUT2D eigenvalue weighted by atomic mass is 9.76. The topological polar surface area (TPSA) is 73.9 Å².